The Kier molecular flexibility index (Phi) is 7.10. The van der Waals surface area contributed by atoms with Gasteiger partial charge in [-0.05, 0) is 50.1 Å². The maximum atomic E-state index is 13.3. The minimum absolute atomic E-state index is 0.0296. The molecule has 1 aliphatic heterocycles. The summed E-state index contributed by atoms with van der Waals surface area (Å²) in [4.78, 5) is 35.0. The molecule has 0 radical (unpaired) electrons. The second-order valence-corrected chi connectivity index (χ2v) is 9.20. The first-order valence-corrected chi connectivity index (χ1v) is 11.7. The zero-order valence-corrected chi connectivity index (χ0v) is 19.8. The molecule has 8 nitrogen and oxygen atoms in total. The van der Waals surface area contributed by atoms with Crippen LogP contribution in [-0.2, 0) is 4.79 Å². The fraction of sp³-hybridized carbons (Fsp3) is 0.333. The molecule has 33 heavy (non-hydrogen) atoms. The van der Waals surface area contributed by atoms with Gasteiger partial charge in [0.1, 0.15) is 10.8 Å². The Labute approximate surface area is 197 Å². The van der Waals surface area contributed by atoms with Gasteiger partial charge in [-0.1, -0.05) is 29.1 Å². The molecular formula is C24H27N5O3S. The maximum absolute atomic E-state index is 13.3. The zero-order chi connectivity index (χ0) is 23.4. The van der Waals surface area contributed by atoms with E-state index in [-0.39, 0.29) is 18.4 Å². The minimum atomic E-state index is -0.150. The fourth-order valence-electron chi connectivity index (χ4n) is 3.65. The SMILES string of the molecule is Cc1ccc(C)c(Sc2ncccc2C(=O)N2CCN(CC(=O)Nc3cc(C)on3)CC2)c1. The molecule has 0 saturated carbocycles. The Morgan fingerprint density at radius 1 is 1.09 bits per heavy atom. The summed E-state index contributed by atoms with van der Waals surface area (Å²) in [7, 11) is 0. The van der Waals surface area contributed by atoms with Crippen LogP contribution in [-0.4, -0.2) is 64.5 Å². The number of pyridine rings is 1. The summed E-state index contributed by atoms with van der Waals surface area (Å²) in [5.74, 6) is 0.875. The van der Waals surface area contributed by atoms with Crippen LogP contribution in [0.1, 0.15) is 27.2 Å². The first-order valence-electron chi connectivity index (χ1n) is 10.8. The molecule has 4 rings (SSSR count). The number of nitrogens with one attached hydrogen (secondary N) is 1. The number of anilines is 1. The summed E-state index contributed by atoms with van der Waals surface area (Å²) in [6.45, 7) is 8.48. The van der Waals surface area contributed by atoms with Gasteiger partial charge in [0.05, 0.1) is 12.1 Å². The number of amides is 2. The largest absolute Gasteiger partial charge is 0.360 e. The number of aryl methyl sites for hydroxylation is 3. The molecule has 3 heterocycles. The lowest BCUT2D eigenvalue weighted by molar-refractivity contribution is -0.117. The average molecular weight is 466 g/mol. The van der Waals surface area contributed by atoms with Gasteiger partial charge in [0.2, 0.25) is 5.91 Å². The van der Waals surface area contributed by atoms with E-state index < -0.39 is 0 Å². The summed E-state index contributed by atoms with van der Waals surface area (Å²) in [5.41, 5.74) is 2.93. The van der Waals surface area contributed by atoms with Crippen LogP contribution in [0.2, 0.25) is 0 Å². The van der Waals surface area contributed by atoms with Crippen LogP contribution in [0, 0.1) is 20.8 Å². The van der Waals surface area contributed by atoms with E-state index in [1.54, 1.807) is 25.3 Å². The highest BCUT2D eigenvalue weighted by Gasteiger charge is 2.25. The molecule has 0 bridgehead atoms. The van der Waals surface area contributed by atoms with Gasteiger partial charge in [-0.25, -0.2) is 4.98 Å². The zero-order valence-electron chi connectivity index (χ0n) is 19.0. The molecule has 1 fully saturated rings. The standard InChI is InChI=1S/C24H27N5O3S/c1-16-6-7-17(2)20(13-16)33-23-19(5-4-8-25-23)24(31)29-11-9-28(10-12-29)15-22(30)26-21-14-18(3)32-27-21/h4-8,13-14H,9-12,15H2,1-3H3,(H,26,27,30). The number of hydrogen-bond acceptors (Lipinski definition) is 7. The van der Waals surface area contributed by atoms with E-state index in [2.05, 4.69) is 47.5 Å². The van der Waals surface area contributed by atoms with E-state index in [1.807, 2.05) is 15.9 Å². The normalized spacial score (nSPS) is 14.3. The van der Waals surface area contributed by atoms with Crippen molar-refractivity contribution in [1.29, 1.82) is 0 Å². The van der Waals surface area contributed by atoms with Gasteiger partial charge in [-0.2, -0.15) is 0 Å². The third-order valence-corrected chi connectivity index (χ3v) is 6.65. The monoisotopic (exact) mass is 465 g/mol. The lowest BCUT2D eigenvalue weighted by Gasteiger charge is -2.34. The quantitative estimate of drug-likeness (QED) is 0.595. The molecule has 2 amide bonds. The molecule has 0 unspecified atom stereocenters. The highest BCUT2D eigenvalue weighted by molar-refractivity contribution is 7.99. The summed E-state index contributed by atoms with van der Waals surface area (Å²) in [6.07, 6.45) is 1.72. The lowest BCUT2D eigenvalue weighted by atomic mass is 10.2. The second-order valence-electron chi connectivity index (χ2n) is 8.17. The van der Waals surface area contributed by atoms with Gasteiger partial charge in [-0.15, -0.1) is 0 Å². The van der Waals surface area contributed by atoms with Crippen molar-refractivity contribution >= 4 is 29.4 Å². The Balaban J connectivity index is 1.36. The van der Waals surface area contributed by atoms with Crippen molar-refractivity contribution in [2.75, 3.05) is 38.0 Å². The van der Waals surface area contributed by atoms with Crippen molar-refractivity contribution in [2.45, 2.75) is 30.7 Å². The van der Waals surface area contributed by atoms with Crippen LogP contribution < -0.4 is 5.32 Å². The number of benzene rings is 1. The van der Waals surface area contributed by atoms with E-state index in [1.165, 1.54) is 17.3 Å². The first-order chi connectivity index (χ1) is 15.9. The van der Waals surface area contributed by atoms with Gasteiger partial charge in [-0.3, -0.25) is 14.5 Å². The van der Waals surface area contributed by atoms with Crippen LogP contribution in [0.25, 0.3) is 0 Å². The van der Waals surface area contributed by atoms with Crippen LogP contribution >= 0.6 is 11.8 Å². The molecule has 9 heteroatoms. The topological polar surface area (TPSA) is 91.6 Å². The van der Waals surface area contributed by atoms with E-state index in [0.29, 0.717) is 48.3 Å². The van der Waals surface area contributed by atoms with Crippen molar-refractivity contribution in [3.63, 3.8) is 0 Å². The van der Waals surface area contributed by atoms with Crippen molar-refractivity contribution in [3.05, 3.63) is 65.0 Å². The van der Waals surface area contributed by atoms with Crippen LogP contribution in [0.5, 0.6) is 0 Å². The Morgan fingerprint density at radius 3 is 2.61 bits per heavy atom. The molecule has 1 aromatic carbocycles. The highest BCUT2D eigenvalue weighted by Crippen LogP contribution is 2.32. The number of piperazine rings is 1. The molecule has 0 spiro atoms. The Morgan fingerprint density at radius 2 is 1.88 bits per heavy atom. The van der Waals surface area contributed by atoms with Crippen LogP contribution in [0.15, 0.2) is 57.0 Å². The van der Waals surface area contributed by atoms with Crippen LogP contribution in [0.4, 0.5) is 5.82 Å². The van der Waals surface area contributed by atoms with Gasteiger partial charge in [0.15, 0.2) is 5.82 Å². The predicted octanol–water partition coefficient (Wildman–Crippen LogP) is 3.54. The molecule has 0 atom stereocenters. The highest BCUT2D eigenvalue weighted by atomic mass is 32.2. The van der Waals surface area contributed by atoms with Crippen LogP contribution in [0.3, 0.4) is 0 Å². The number of rotatable bonds is 6. The van der Waals surface area contributed by atoms with Gasteiger partial charge in [0.25, 0.3) is 5.91 Å². The van der Waals surface area contributed by atoms with E-state index >= 15 is 0 Å². The minimum Gasteiger partial charge on any atom is -0.360 e. The van der Waals surface area contributed by atoms with Crippen molar-refractivity contribution in [2.24, 2.45) is 0 Å². The maximum Gasteiger partial charge on any atom is 0.256 e. The molecule has 2 aromatic heterocycles. The fourth-order valence-corrected chi connectivity index (χ4v) is 4.71. The average Bonchev–Trinajstić information content (AvgIpc) is 3.21. The number of carbonyl (C=O) groups is 2. The summed E-state index contributed by atoms with van der Waals surface area (Å²) in [6, 6.07) is 11.6. The molecular weight excluding hydrogens is 438 g/mol. The van der Waals surface area contributed by atoms with E-state index in [0.717, 1.165) is 10.5 Å². The van der Waals surface area contributed by atoms with Crippen molar-refractivity contribution in [3.8, 4) is 0 Å². The molecule has 172 valence electrons. The summed E-state index contributed by atoms with van der Waals surface area (Å²) in [5, 5.41) is 7.22. The van der Waals surface area contributed by atoms with Crippen molar-refractivity contribution < 1.29 is 14.1 Å². The Hall–Kier alpha value is -3.17. The molecule has 3 aromatic rings. The lowest BCUT2D eigenvalue weighted by Crippen LogP contribution is -2.50. The number of nitrogens with zero attached hydrogens (tertiary/aromatic N) is 4. The van der Waals surface area contributed by atoms with Gasteiger partial charge in [0, 0.05) is 43.3 Å². The molecule has 1 saturated heterocycles. The van der Waals surface area contributed by atoms with E-state index in [4.69, 9.17) is 4.52 Å². The molecule has 0 aliphatic carbocycles. The third-order valence-electron chi connectivity index (χ3n) is 5.47. The third kappa shape index (κ3) is 5.80. The predicted molar refractivity (Wildman–Crippen MR) is 126 cm³/mol. The second kappa shape index (κ2) is 10.2. The van der Waals surface area contributed by atoms with E-state index in [9.17, 15) is 9.59 Å². The number of carbonyl (C=O) groups excluding carboxylic acids is 2. The van der Waals surface area contributed by atoms with Gasteiger partial charge >= 0.3 is 0 Å². The molecule has 1 aliphatic rings. The number of aromatic nitrogens is 2. The smallest absolute Gasteiger partial charge is 0.256 e. The summed E-state index contributed by atoms with van der Waals surface area (Å²) < 4.78 is 4.97. The summed E-state index contributed by atoms with van der Waals surface area (Å²) >= 11 is 1.52. The molecule has 1 N–H and O–H groups in total. The first kappa shape index (κ1) is 23.0. The van der Waals surface area contributed by atoms with Crippen molar-refractivity contribution in [1.82, 2.24) is 19.9 Å². The van der Waals surface area contributed by atoms with Gasteiger partial charge < -0.3 is 14.7 Å². The number of hydrogen-bond donors (Lipinski definition) is 1. The Bertz CT molecular complexity index is 1150.